The number of carbonyl (C=O) groups excluding carboxylic acids is 2. The first-order valence-electron chi connectivity index (χ1n) is 11.0. The molecular formula is C25H29ClN2O5. The van der Waals surface area contributed by atoms with E-state index in [0.29, 0.717) is 46.6 Å². The molecule has 0 saturated carbocycles. The van der Waals surface area contributed by atoms with Gasteiger partial charge >= 0.3 is 12.0 Å². The number of carbonyl (C=O) groups is 2. The molecule has 0 aliphatic carbocycles. The monoisotopic (exact) mass is 472 g/mol. The number of rotatable bonds is 9. The van der Waals surface area contributed by atoms with Crippen molar-refractivity contribution in [3.8, 4) is 11.5 Å². The largest absolute Gasteiger partial charge is 0.490 e. The normalized spacial score (nSPS) is 15.7. The highest BCUT2D eigenvalue weighted by Gasteiger charge is 2.35. The molecule has 2 aromatic rings. The number of hydrogen-bond acceptors (Lipinski definition) is 5. The minimum atomic E-state index is -0.808. The zero-order valence-corrected chi connectivity index (χ0v) is 20.0. The fourth-order valence-electron chi connectivity index (χ4n) is 3.51. The predicted molar refractivity (Wildman–Crippen MR) is 127 cm³/mol. The van der Waals surface area contributed by atoms with Crippen molar-refractivity contribution < 1.29 is 23.8 Å². The fraction of sp³-hybridized carbons (Fsp3) is 0.360. The Kier molecular flexibility index (Phi) is 8.22. The van der Waals surface area contributed by atoms with Crippen LogP contribution in [-0.4, -0.2) is 31.3 Å². The van der Waals surface area contributed by atoms with Crippen LogP contribution in [-0.2, 0) is 9.53 Å². The second-order valence-electron chi connectivity index (χ2n) is 7.75. The third-order valence-electron chi connectivity index (χ3n) is 4.81. The number of benzene rings is 2. The van der Waals surface area contributed by atoms with Crippen molar-refractivity contribution in [2.45, 2.75) is 46.3 Å². The van der Waals surface area contributed by atoms with E-state index in [-0.39, 0.29) is 11.7 Å². The lowest BCUT2D eigenvalue weighted by molar-refractivity contribution is -0.143. The number of esters is 1. The molecule has 0 radical (unpaired) electrons. The van der Waals surface area contributed by atoms with Gasteiger partial charge in [0, 0.05) is 0 Å². The van der Waals surface area contributed by atoms with Crippen LogP contribution in [0.25, 0.3) is 5.70 Å². The lowest BCUT2D eigenvalue weighted by atomic mass is 9.92. The van der Waals surface area contributed by atoms with Crippen molar-refractivity contribution >= 4 is 29.3 Å². The Morgan fingerprint density at radius 1 is 1.12 bits per heavy atom. The lowest BCUT2D eigenvalue weighted by Crippen LogP contribution is -2.45. The third kappa shape index (κ3) is 5.79. The molecule has 0 fully saturated rings. The maximum Gasteiger partial charge on any atom is 0.338 e. The second kappa shape index (κ2) is 11.1. The predicted octanol–water partition coefficient (Wildman–Crippen LogP) is 5.24. The molecule has 1 aliphatic rings. The van der Waals surface area contributed by atoms with Crippen LogP contribution in [0.15, 0.2) is 48.0 Å². The molecule has 8 heteroatoms. The summed E-state index contributed by atoms with van der Waals surface area (Å²) >= 11 is 6.56. The minimum absolute atomic E-state index is 0.273. The number of ether oxygens (including phenoxy) is 3. The van der Waals surface area contributed by atoms with Crippen LogP contribution in [0.4, 0.5) is 4.79 Å². The number of halogens is 1. The van der Waals surface area contributed by atoms with E-state index in [0.717, 1.165) is 6.42 Å². The molecule has 2 N–H and O–H groups in total. The summed E-state index contributed by atoms with van der Waals surface area (Å²) in [7, 11) is 0. The molecule has 3 rings (SSSR count). The summed E-state index contributed by atoms with van der Waals surface area (Å²) in [6, 6.07) is 11.3. The van der Waals surface area contributed by atoms with Gasteiger partial charge in [0.05, 0.1) is 41.7 Å². The maximum atomic E-state index is 13.2. The van der Waals surface area contributed by atoms with Gasteiger partial charge in [-0.05, 0) is 50.5 Å². The first-order valence-corrected chi connectivity index (χ1v) is 11.4. The van der Waals surface area contributed by atoms with Crippen molar-refractivity contribution in [2.24, 2.45) is 0 Å². The smallest absolute Gasteiger partial charge is 0.338 e. The van der Waals surface area contributed by atoms with Crippen molar-refractivity contribution in [2.75, 3.05) is 13.2 Å². The summed E-state index contributed by atoms with van der Waals surface area (Å²) < 4.78 is 17.1. The SMILES string of the molecule is CCCOc1c(Cl)cc(C2NC(=O)NC(c3ccccc3)=C2C(=O)OC(C)C)cc1OCC. The van der Waals surface area contributed by atoms with Gasteiger partial charge in [0.1, 0.15) is 0 Å². The topological polar surface area (TPSA) is 85.9 Å². The van der Waals surface area contributed by atoms with Crippen molar-refractivity contribution in [3.05, 3.63) is 64.2 Å². The van der Waals surface area contributed by atoms with E-state index in [1.165, 1.54) is 0 Å². The van der Waals surface area contributed by atoms with Crippen molar-refractivity contribution in [1.82, 2.24) is 10.6 Å². The first-order chi connectivity index (χ1) is 15.8. The van der Waals surface area contributed by atoms with E-state index in [4.69, 9.17) is 25.8 Å². The van der Waals surface area contributed by atoms with Crippen LogP contribution in [0, 0.1) is 0 Å². The molecule has 1 aliphatic heterocycles. The quantitative estimate of drug-likeness (QED) is 0.487. The summed E-state index contributed by atoms with van der Waals surface area (Å²) in [4.78, 5) is 25.9. The summed E-state index contributed by atoms with van der Waals surface area (Å²) in [5.74, 6) is 0.337. The first kappa shape index (κ1) is 24.5. The molecule has 0 aromatic heterocycles. The fourth-order valence-corrected chi connectivity index (χ4v) is 3.78. The number of hydrogen-bond donors (Lipinski definition) is 2. The van der Waals surface area contributed by atoms with E-state index in [1.54, 1.807) is 26.0 Å². The Hall–Kier alpha value is -3.19. The molecular weight excluding hydrogens is 444 g/mol. The lowest BCUT2D eigenvalue weighted by Gasteiger charge is -2.30. The molecule has 2 aromatic carbocycles. The standard InChI is InChI=1S/C25H29ClN2O5/c1-5-12-32-23-18(26)13-17(14-19(23)31-6-2)22-20(24(29)33-15(3)4)21(27-25(30)28-22)16-10-8-7-9-11-16/h7-11,13-15,22H,5-6,12H2,1-4H3,(H2,27,28,30). The summed E-state index contributed by atoms with van der Waals surface area (Å²) in [6.07, 6.45) is 0.468. The molecule has 1 atom stereocenters. The zero-order valence-electron chi connectivity index (χ0n) is 19.2. The van der Waals surface area contributed by atoms with Gasteiger partial charge in [-0.15, -0.1) is 0 Å². The van der Waals surface area contributed by atoms with Gasteiger partial charge < -0.3 is 24.8 Å². The van der Waals surface area contributed by atoms with Crippen LogP contribution in [0.5, 0.6) is 11.5 Å². The highest BCUT2D eigenvalue weighted by molar-refractivity contribution is 6.32. The average Bonchev–Trinajstić information content (AvgIpc) is 2.78. The molecule has 0 saturated heterocycles. The minimum Gasteiger partial charge on any atom is -0.490 e. The van der Waals surface area contributed by atoms with Gasteiger partial charge in [-0.25, -0.2) is 9.59 Å². The van der Waals surface area contributed by atoms with E-state index < -0.39 is 18.0 Å². The Balaban J connectivity index is 2.18. The maximum absolute atomic E-state index is 13.2. The van der Waals surface area contributed by atoms with E-state index in [9.17, 15) is 9.59 Å². The Morgan fingerprint density at radius 2 is 1.85 bits per heavy atom. The van der Waals surface area contributed by atoms with Crippen molar-refractivity contribution in [1.29, 1.82) is 0 Å². The molecule has 2 amide bonds. The van der Waals surface area contributed by atoms with Gasteiger partial charge in [0.15, 0.2) is 11.5 Å². The summed E-state index contributed by atoms with van der Waals surface area (Å²) in [5, 5.41) is 5.93. The van der Waals surface area contributed by atoms with Crippen LogP contribution in [0.2, 0.25) is 5.02 Å². The third-order valence-corrected chi connectivity index (χ3v) is 5.09. The highest BCUT2D eigenvalue weighted by Crippen LogP contribution is 2.41. The average molecular weight is 473 g/mol. The Morgan fingerprint density at radius 3 is 2.48 bits per heavy atom. The molecule has 33 heavy (non-hydrogen) atoms. The van der Waals surface area contributed by atoms with Gasteiger partial charge in [0.2, 0.25) is 0 Å². The van der Waals surface area contributed by atoms with Crippen LogP contribution in [0.1, 0.15) is 51.3 Å². The summed E-state index contributed by atoms with van der Waals surface area (Å²) in [6.45, 7) is 8.27. The second-order valence-corrected chi connectivity index (χ2v) is 8.16. The van der Waals surface area contributed by atoms with Gasteiger partial charge in [-0.3, -0.25) is 0 Å². The van der Waals surface area contributed by atoms with Crippen LogP contribution in [0.3, 0.4) is 0 Å². The van der Waals surface area contributed by atoms with E-state index in [2.05, 4.69) is 10.6 Å². The molecule has 1 heterocycles. The molecule has 1 unspecified atom stereocenters. The van der Waals surface area contributed by atoms with Gasteiger partial charge in [-0.1, -0.05) is 48.9 Å². The molecule has 7 nitrogen and oxygen atoms in total. The zero-order chi connectivity index (χ0) is 24.0. The highest BCUT2D eigenvalue weighted by atomic mass is 35.5. The van der Waals surface area contributed by atoms with Crippen LogP contribution < -0.4 is 20.1 Å². The van der Waals surface area contributed by atoms with Crippen LogP contribution >= 0.6 is 11.6 Å². The summed E-state index contributed by atoms with van der Waals surface area (Å²) in [5.41, 5.74) is 1.92. The Labute approximate surface area is 199 Å². The van der Waals surface area contributed by atoms with E-state index >= 15 is 0 Å². The van der Waals surface area contributed by atoms with E-state index in [1.807, 2.05) is 44.2 Å². The molecule has 0 bridgehead atoms. The Bertz CT molecular complexity index is 1040. The molecule has 176 valence electrons. The van der Waals surface area contributed by atoms with Gasteiger partial charge in [-0.2, -0.15) is 0 Å². The number of urea groups is 1. The number of nitrogens with one attached hydrogen (secondary N) is 2. The number of amides is 2. The van der Waals surface area contributed by atoms with Crippen molar-refractivity contribution in [3.63, 3.8) is 0 Å². The van der Waals surface area contributed by atoms with Gasteiger partial charge in [0.25, 0.3) is 0 Å². The molecule has 0 spiro atoms.